The lowest BCUT2D eigenvalue weighted by Crippen LogP contribution is -2.24. The summed E-state index contributed by atoms with van der Waals surface area (Å²) < 4.78 is 59.4. The van der Waals surface area contributed by atoms with Crippen LogP contribution in [0.2, 0.25) is 0 Å². The van der Waals surface area contributed by atoms with E-state index in [1.165, 1.54) is 32.1 Å². The minimum absolute atomic E-state index is 0.144. The maximum Gasteiger partial charge on any atom is 0.308 e. The van der Waals surface area contributed by atoms with Gasteiger partial charge in [0.2, 0.25) is 0 Å². The monoisotopic (exact) mass is 696 g/mol. The van der Waals surface area contributed by atoms with Crippen LogP contribution in [0.1, 0.15) is 85.5 Å². The average Bonchev–Trinajstić information content (AvgIpc) is 3.04. The SMILES string of the molecule is CCCCCCCCCC(=O)OCCOCCOCCOCCOCCOCCOCCOCCOCCOCCC(=O)OC(C)(C)C. The molecular weight excluding hydrogens is 628 g/mol. The van der Waals surface area contributed by atoms with Crippen molar-refractivity contribution in [3.63, 3.8) is 0 Å². The van der Waals surface area contributed by atoms with Gasteiger partial charge in [0.25, 0.3) is 0 Å². The van der Waals surface area contributed by atoms with Crippen LogP contribution in [0.5, 0.6) is 0 Å². The van der Waals surface area contributed by atoms with Gasteiger partial charge in [-0.1, -0.05) is 45.4 Å². The molecule has 0 aromatic heterocycles. The topological polar surface area (TPSA) is 136 Å². The van der Waals surface area contributed by atoms with Crippen LogP contribution in [0.4, 0.5) is 0 Å². The zero-order valence-corrected chi connectivity index (χ0v) is 30.6. The van der Waals surface area contributed by atoms with Crippen molar-refractivity contribution in [2.75, 3.05) is 126 Å². The summed E-state index contributed by atoms with van der Waals surface area (Å²) >= 11 is 0. The Hall–Kier alpha value is -1.42. The van der Waals surface area contributed by atoms with Crippen LogP contribution >= 0.6 is 0 Å². The molecule has 13 heteroatoms. The van der Waals surface area contributed by atoms with Gasteiger partial charge < -0.3 is 52.1 Å². The average molecular weight is 697 g/mol. The van der Waals surface area contributed by atoms with Crippen molar-refractivity contribution >= 4 is 11.9 Å². The van der Waals surface area contributed by atoms with Gasteiger partial charge >= 0.3 is 11.9 Å². The maximum absolute atomic E-state index is 11.7. The third kappa shape index (κ3) is 40.8. The molecule has 0 fully saturated rings. The van der Waals surface area contributed by atoms with E-state index in [0.29, 0.717) is 125 Å². The lowest BCUT2D eigenvalue weighted by molar-refractivity contribution is -0.156. The van der Waals surface area contributed by atoms with Gasteiger partial charge in [0.15, 0.2) is 0 Å². The summed E-state index contributed by atoms with van der Waals surface area (Å²) in [6.45, 7) is 16.3. The molecule has 286 valence electrons. The van der Waals surface area contributed by atoms with Gasteiger partial charge in [-0.2, -0.15) is 0 Å². The predicted molar refractivity (Wildman–Crippen MR) is 181 cm³/mol. The number of rotatable bonds is 38. The van der Waals surface area contributed by atoms with Crippen LogP contribution < -0.4 is 0 Å². The first-order valence-corrected chi connectivity index (χ1v) is 17.9. The van der Waals surface area contributed by atoms with Crippen molar-refractivity contribution in [3.8, 4) is 0 Å². The first-order valence-electron chi connectivity index (χ1n) is 17.9. The molecule has 0 atom stereocenters. The van der Waals surface area contributed by atoms with Gasteiger partial charge in [0.1, 0.15) is 12.2 Å². The molecule has 48 heavy (non-hydrogen) atoms. The number of hydrogen-bond acceptors (Lipinski definition) is 13. The third-order valence-electron chi connectivity index (χ3n) is 6.32. The molecule has 0 N–H and O–H groups in total. The van der Waals surface area contributed by atoms with Crippen LogP contribution in [0.3, 0.4) is 0 Å². The second kappa shape index (κ2) is 36.9. The molecule has 0 heterocycles. The normalized spacial score (nSPS) is 11.7. The Kier molecular flexibility index (Phi) is 35.8. The van der Waals surface area contributed by atoms with Crippen LogP contribution in [0.25, 0.3) is 0 Å². The molecule has 0 spiro atoms. The minimum atomic E-state index is -0.475. The molecule has 0 saturated carbocycles. The fourth-order valence-corrected chi connectivity index (χ4v) is 3.92. The zero-order valence-electron chi connectivity index (χ0n) is 30.6. The predicted octanol–water partition coefficient (Wildman–Crippen LogP) is 4.55. The highest BCUT2D eigenvalue weighted by molar-refractivity contribution is 5.70. The van der Waals surface area contributed by atoms with Gasteiger partial charge in [-0.3, -0.25) is 9.59 Å². The van der Waals surface area contributed by atoms with Crippen molar-refractivity contribution in [2.24, 2.45) is 0 Å². The van der Waals surface area contributed by atoms with Gasteiger partial charge in [-0.15, -0.1) is 0 Å². The van der Waals surface area contributed by atoms with Gasteiger partial charge in [-0.05, 0) is 27.2 Å². The summed E-state index contributed by atoms with van der Waals surface area (Å²) in [6, 6.07) is 0. The van der Waals surface area contributed by atoms with Crippen LogP contribution in [0, 0.1) is 0 Å². The van der Waals surface area contributed by atoms with Gasteiger partial charge in [0.05, 0.1) is 125 Å². The smallest absolute Gasteiger partial charge is 0.308 e. The van der Waals surface area contributed by atoms with E-state index in [4.69, 9.17) is 52.1 Å². The maximum atomic E-state index is 11.7. The summed E-state index contributed by atoms with van der Waals surface area (Å²) in [6.07, 6.45) is 9.01. The van der Waals surface area contributed by atoms with E-state index >= 15 is 0 Å². The van der Waals surface area contributed by atoms with Crippen molar-refractivity contribution in [1.29, 1.82) is 0 Å². The van der Waals surface area contributed by atoms with Crippen molar-refractivity contribution in [2.45, 2.75) is 91.1 Å². The third-order valence-corrected chi connectivity index (χ3v) is 6.32. The molecule has 0 unspecified atom stereocenters. The highest BCUT2D eigenvalue weighted by Gasteiger charge is 2.15. The number of hydrogen-bond donors (Lipinski definition) is 0. The van der Waals surface area contributed by atoms with Crippen LogP contribution in [-0.4, -0.2) is 143 Å². The second-order valence-electron chi connectivity index (χ2n) is 11.9. The molecule has 0 aliphatic rings. The molecule has 0 saturated heterocycles. The van der Waals surface area contributed by atoms with Gasteiger partial charge in [-0.25, -0.2) is 0 Å². The summed E-state index contributed by atoms with van der Waals surface area (Å²) in [5.74, 6) is -0.410. The summed E-state index contributed by atoms with van der Waals surface area (Å²) in [7, 11) is 0. The molecule has 0 bridgehead atoms. The fourth-order valence-electron chi connectivity index (χ4n) is 3.92. The van der Waals surface area contributed by atoms with E-state index < -0.39 is 5.60 Å². The first kappa shape index (κ1) is 46.6. The quantitative estimate of drug-likeness (QED) is 0.0660. The summed E-state index contributed by atoms with van der Waals surface area (Å²) in [5, 5.41) is 0. The van der Waals surface area contributed by atoms with E-state index in [-0.39, 0.29) is 25.0 Å². The summed E-state index contributed by atoms with van der Waals surface area (Å²) in [4.78, 5) is 23.3. The van der Waals surface area contributed by atoms with Crippen molar-refractivity contribution in [3.05, 3.63) is 0 Å². The largest absolute Gasteiger partial charge is 0.463 e. The van der Waals surface area contributed by atoms with E-state index in [9.17, 15) is 9.59 Å². The zero-order chi connectivity index (χ0) is 35.2. The lowest BCUT2D eigenvalue weighted by atomic mass is 10.1. The van der Waals surface area contributed by atoms with E-state index in [2.05, 4.69) is 6.92 Å². The van der Waals surface area contributed by atoms with Crippen molar-refractivity contribution in [1.82, 2.24) is 0 Å². The van der Waals surface area contributed by atoms with Gasteiger partial charge in [0, 0.05) is 6.42 Å². The second-order valence-corrected chi connectivity index (χ2v) is 11.9. The van der Waals surface area contributed by atoms with Crippen molar-refractivity contribution < 1.29 is 61.7 Å². The molecular formula is C35H68O13. The minimum Gasteiger partial charge on any atom is -0.463 e. The highest BCUT2D eigenvalue weighted by Crippen LogP contribution is 2.09. The molecule has 0 aromatic carbocycles. The number of ether oxygens (including phenoxy) is 11. The Bertz CT molecular complexity index is 688. The fraction of sp³-hybridized carbons (Fsp3) is 0.943. The highest BCUT2D eigenvalue weighted by atomic mass is 16.6. The molecule has 0 amide bonds. The molecule has 0 aliphatic heterocycles. The van der Waals surface area contributed by atoms with E-state index in [1.54, 1.807) is 0 Å². The first-order chi connectivity index (χ1) is 23.3. The summed E-state index contributed by atoms with van der Waals surface area (Å²) in [5.41, 5.74) is -0.475. The Labute approximate surface area is 290 Å². The molecule has 0 aliphatic carbocycles. The molecule has 0 radical (unpaired) electrons. The lowest BCUT2D eigenvalue weighted by Gasteiger charge is -2.19. The number of carbonyl (C=O) groups excluding carboxylic acids is 2. The number of esters is 2. The number of unbranched alkanes of at least 4 members (excludes halogenated alkanes) is 6. The molecule has 0 rings (SSSR count). The Morgan fingerprint density at radius 3 is 1.04 bits per heavy atom. The Morgan fingerprint density at radius 1 is 0.375 bits per heavy atom. The molecule has 0 aromatic rings. The van der Waals surface area contributed by atoms with Crippen LogP contribution in [0.15, 0.2) is 0 Å². The Balaban J connectivity index is 3.15. The van der Waals surface area contributed by atoms with E-state index in [0.717, 1.165) is 12.8 Å². The molecule has 13 nitrogen and oxygen atoms in total. The Morgan fingerprint density at radius 2 is 0.688 bits per heavy atom. The standard InChI is InChI=1S/C35H68O13/c1-5-6-7-8-9-10-11-12-33(36)47-32-31-46-30-29-45-28-27-44-26-25-43-24-23-42-22-21-41-20-19-40-18-17-39-16-15-38-14-13-34(37)48-35(2,3)4/h5-32H2,1-4H3. The van der Waals surface area contributed by atoms with E-state index in [1.807, 2.05) is 20.8 Å². The van der Waals surface area contributed by atoms with Crippen LogP contribution in [-0.2, 0) is 61.7 Å². The number of carbonyl (C=O) groups is 2.